The number of piperazine rings is 1. The van der Waals surface area contributed by atoms with Crippen molar-refractivity contribution >= 4 is 23.4 Å². The lowest BCUT2D eigenvalue weighted by molar-refractivity contribution is 0.165. The van der Waals surface area contributed by atoms with Gasteiger partial charge < -0.3 is 5.32 Å². The van der Waals surface area contributed by atoms with Crippen LogP contribution >= 0.6 is 12.4 Å². The SMILES string of the molecule is Cc1nn(C)c2ncc(CN3CCNCC3C)cc12.Cl. The lowest BCUT2D eigenvalue weighted by Gasteiger charge is -2.33. The van der Waals surface area contributed by atoms with Gasteiger partial charge >= 0.3 is 0 Å². The predicted molar refractivity (Wildman–Crippen MR) is 83.2 cm³/mol. The number of rotatable bonds is 2. The van der Waals surface area contributed by atoms with Gasteiger partial charge in [-0.1, -0.05) is 0 Å². The van der Waals surface area contributed by atoms with Crippen LogP contribution in [-0.4, -0.2) is 45.3 Å². The van der Waals surface area contributed by atoms with Gasteiger partial charge in [0.25, 0.3) is 0 Å². The smallest absolute Gasteiger partial charge is 0.157 e. The minimum absolute atomic E-state index is 0. The van der Waals surface area contributed by atoms with Crippen LogP contribution < -0.4 is 5.32 Å². The van der Waals surface area contributed by atoms with Gasteiger partial charge in [-0.2, -0.15) is 5.10 Å². The van der Waals surface area contributed by atoms with E-state index in [0.717, 1.165) is 37.5 Å². The van der Waals surface area contributed by atoms with Crippen molar-refractivity contribution in [2.75, 3.05) is 19.6 Å². The second kappa shape index (κ2) is 6.08. The third-order valence-corrected chi connectivity index (χ3v) is 3.94. The van der Waals surface area contributed by atoms with E-state index >= 15 is 0 Å². The fraction of sp³-hybridized carbons (Fsp3) is 0.571. The van der Waals surface area contributed by atoms with Crippen LogP contribution in [0.1, 0.15) is 18.2 Å². The monoisotopic (exact) mass is 295 g/mol. The van der Waals surface area contributed by atoms with E-state index in [1.54, 1.807) is 0 Å². The molecule has 0 aliphatic carbocycles. The van der Waals surface area contributed by atoms with Gasteiger partial charge in [0, 0.05) is 50.9 Å². The summed E-state index contributed by atoms with van der Waals surface area (Å²) in [7, 11) is 1.94. The number of hydrogen-bond acceptors (Lipinski definition) is 4. The molecule has 3 rings (SSSR count). The fourth-order valence-electron chi connectivity index (χ4n) is 2.79. The Morgan fingerprint density at radius 2 is 2.25 bits per heavy atom. The second-order valence-electron chi connectivity index (χ2n) is 5.45. The van der Waals surface area contributed by atoms with Gasteiger partial charge in [0.1, 0.15) is 0 Å². The Morgan fingerprint density at radius 3 is 3.00 bits per heavy atom. The molecule has 1 atom stereocenters. The number of aryl methyl sites for hydroxylation is 2. The standard InChI is InChI=1S/C14H21N5.ClH/c1-10-7-15-4-5-19(10)9-12-6-13-11(2)17-18(3)14(13)16-8-12;/h6,8,10,15H,4-5,7,9H2,1-3H3;1H. The maximum absolute atomic E-state index is 4.55. The van der Waals surface area contributed by atoms with Crippen molar-refractivity contribution in [1.82, 2.24) is 25.0 Å². The molecule has 0 saturated carbocycles. The van der Waals surface area contributed by atoms with Crippen LogP contribution in [0.15, 0.2) is 12.3 Å². The van der Waals surface area contributed by atoms with E-state index in [0.29, 0.717) is 6.04 Å². The van der Waals surface area contributed by atoms with Crippen LogP contribution in [-0.2, 0) is 13.6 Å². The average molecular weight is 296 g/mol. The Morgan fingerprint density at radius 1 is 1.45 bits per heavy atom. The summed E-state index contributed by atoms with van der Waals surface area (Å²) in [5.74, 6) is 0. The molecule has 5 nitrogen and oxygen atoms in total. The normalized spacial score (nSPS) is 20.1. The summed E-state index contributed by atoms with van der Waals surface area (Å²) in [6.07, 6.45) is 1.98. The van der Waals surface area contributed by atoms with E-state index in [9.17, 15) is 0 Å². The number of aromatic nitrogens is 3. The molecule has 1 N–H and O–H groups in total. The predicted octanol–water partition coefficient (Wildman–Crippen LogP) is 1.49. The van der Waals surface area contributed by atoms with Crippen molar-refractivity contribution in [3.05, 3.63) is 23.5 Å². The van der Waals surface area contributed by atoms with Crippen LogP contribution in [0.5, 0.6) is 0 Å². The van der Waals surface area contributed by atoms with Crippen molar-refractivity contribution in [2.45, 2.75) is 26.4 Å². The van der Waals surface area contributed by atoms with Gasteiger partial charge in [-0.25, -0.2) is 4.98 Å². The van der Waals surface area contributed by atoms with Gasteiger partial charge in [0.15, 0.2) is 5.65 Å². The third-order valence-electron chi connectivity index (χ3n) is 3.94. The van der Waals surface area contributed by atoms with Gasteiger partial charge in [-0.15, -0.1) is 12.4 Å². The minimum atomic E-state index is 0. The van der Waals surface area contributed by atoms with E-state index in [-0.39, 0.29) is 12.4 Å². The van der Waals surface area contributed by atoms with Gasteiger partial charge in [-0.05, 0) is 25.5 Å². The quantitative estimate of drug-likeness (QED) is 0.912. The van der Waals surface area contributed by atoms with Crippen LogP contribution in [0.4, 0.5) is 0 Å². The van der Waals surface area contributed by atoms with Crippen LogP contribution in [0, 0.1) is 6.92 Å². The summed E-state index contributed by atoms with van der Waals surface area (Å²) in [5, 5.41) is 9.01. The van der Waals surface area contributed by atoms with Crippen LogP contribution in [0.2, 0.25) is 0 Å². The molecule has 0 amide bonds. The number of pyridine rings is 1. The zero-order chi connectivity index (χ0) is 13.4. The first-order valence-electron chi connectivity index (χ1n) is 6.88. The molecule has 1 aliphatic rings. The molecular weight excluding hydrogens is 274 g/mol. The Kier molecular flexibility index (Phi) is 4.62. The molecule has 3 heterocycles. The largest absolute Gasteiger partial charge is 0.314 e. The number of nitrogens with one attached hydrogen (secondary N) is 1. The Balaban J connectivity index is 0.00000147. The molecule has 1 aliphatic heterocycles. The summed E-state index contributed by atoms with van der Waals surface area (Å²) in [4.78, 5) is 7.06. The summed E-state index contributed by atoms with van der Waals surface area (Å²) in [6.45, 7) is 8.54. The number of halogens is 1. The van der Waals surface area contributed by atoms with Crippen LogP contribution in [0.25, 0.3) is 11.0 Å². The van der Waals surface area contributed by atoms with Crippen LogP contribution in [0.3, 0.4) is 0 Å². The van der Waals surface area contributed by atoms with E-state index in [1.165, 1.54) is 10.9 Å². The molecule has 0 spiro atoms. The fourth-order valence-corrected chi connectivity index (χ4v) is 2.79. The summed E-state index contributed by atoms with van der Waals surface area (Å²) >= 11 is 0. The zero-order valence-electron chi connectivity index (χ0n) is 12.3. The summed E-state index contributed by atoms with van der Waals surface area (Å²) in [5.41, 5.74) is 3.30. The van der Waals surface area contributed by atoms with E-state index in [2.05, 4.69) is 33.3 Å². The van der Waals surface area contributed by atoms with Crippen molar-refractivity contribution in [2.24, 2.45) is 7.05 Å². The number of fused-ring (bicyclic) bond motifs is 1. The molecule has 0 bridgehead atoms. The molecule has 1 saturated heterocycles. The topological polar surface area (TPSA) is 46.0 Å². The van der Waals surface area contributed by atoms with Gasteiger partial charge in [0.2, 0.25) is 0 Å². The maximum Gasteiger partial charge on any atom is 0.157 e. The molecule has 6 heteroatoms. The first-order chi connectivity index (χ1) is 9.15. The second-order valence-corrected chi connectivity index (χ2v) is 5.45. The molecule has 0 radical (unpaired) electrons. The Hall–Kier alpha value is -1.17. The molecule has 1 unspecified atom stereocenters. The van der Waals surface area contributed by atoms with Crippen molar-refractivity contribution in [3.8, 4) is 0 Å². The highest BCUT2D eigenvalue weighted by Crippen LogP contribution is 2.18. The molecule has 2 aromatic rings. The maximum atomic E-state index is 4.55. The highest BCUT2D eigenvalue weighted by atomic mass is 35.5. The van der Waals surface area contributed by atoms with Gasteiger partial charge in [0.05, 0.1) is 5.69 Å². The van der Waals surface area contributed by atoms with Crippen molar-refractivity contribution < 1.29 is 0 Å². The highest BCUT2D eigenvalue weighted by Gasteiger charge is 2.18. The van der Waals surface area contributed by atoms with Crippen molar-refractivity contribution in [3.63, 3.8) is 0 Å². The van der Waals surface area contributed by atoms with E-state index in [1.807, 2.05) is 24.9 Å². The molecule has 0 aromatic carbocycles. The third kappa shape index (κ3) is 2.80. The Labute approximate surface area is 125 Å². The van der Waals surface area contributed by atoms with E-state index in [4.69, 9.17) is 0 Å². The highest BCUT2D eigenvalue weighted by molar-refractivity contribution is 5.85. The molecular formula is C14H22ClN5. The average Bonchev–Trinajstić information content (AvgIpc) is 2.68. The zero-order valence-corrected chi connectivity index (χ0v) is 13.1. The number of nitrogens with zero attached hydrogens (tertiary/aromatic N) is 4. The Bertz CT molecular complexity index is 595. The minimum Gasteiger partial charge on any atom is -0.314 e. The molecule has 20 heavy (non-hydrogen) atoms. The summed E-state index contributed by atoms with van der Waals surface area (Å²) in [6, 6.07) is 2.82. The summed E-state index contributed by atoms with van der Waals surface area (Å²) < 4.78 is 1.85. The molecule has 110 valence electrons. The lowest BCUT2D eigenvalue weighted by Crippen LogP contribution is -2.49. The lowest BCUT2D eigenvalue weighted by atomic mass is 10.1. The molecule has 2 aromatic heterocycles. The first kappa shape index (κ1) is 15.2. The first-order valence-corrected chi connectivity index (χ1v) is 6.88. The van der Waals surface area contributed by atoms with E-state index < -0.39 is 0 Å². The van der Waals surface area contributed by atoms with Crippen molar-refractivity contribution in [1.29, 1.82) is 0 Å². The molecule has 1 fully saturated rings. The number of hydrogen-bond donors (Lipinski definition) is 1. The van der Waals surface area contributed by atoms with Gasteiger partial charge in [-0.3, -0.25) is 9.58 Å².